The number of fused-ring (bicyclic) bond motifs is 1. The SMILES string of the molecule is [C-]#[N+]/C(=C\c1ccc(-c2ccc(-c3ccc(-c4ccc(-c5c(-c6ccccc6)n(-c6cc(CC(C)C)cc(C(C)(C)C)c6)c6ccccc56)s4)o3)s2)o1)C(=O)O. The third kappa shape index (κ3) is 7.19. The maximum absolute atomic E-state index is 11.3. The molecule has 8 aromatic rings. The van der Waals surface area contributed by atoms with E-state index in [9.17, 15) is 9.90 Å². The van der Waals surface area contributed by atoms with E-state index in [2.05, 4.69) is 129 Å². The fraction of sp³-hybridized carbons (Fsp3) is 0.167. The van der Waals surface area contributed by atoms with Gasteiger partial charge in [-0.05, 0) is 107 Å². The van der Waals surface area contributed by atoms with Crippen molar-refractivity contribution in [2.75, 3.05) is 0 Å². The maximum Gasteiger partial charge on any atom is 0.333 e. The van der Waals surface area contributed by atoms with Gasteiger partial charge in [-0.1, -0.05) is 89.2 Å². The lowest BCUT2D eigenvalue weighted by atomic mass is 9.84. The quantitative estimate of drug-likeness (QED) is 0.111. The largest absolute Gasteiger partial charge is 0.486 e. The van der Waals surface area contributed by atoms with Crippen LogP contribution in [0, 0.1) is 12.5 Å². The van der Waals surface area contributed by atoms with E-state index in [-0.39, 0.29) is 5.41 Å². The van der Waals surface area contributed by atoms with Crippen LogP contribution in [-0.4, -0.2) is 15.6 Å². The van der Waals surface area contributed by atoms with Gasteiger partial charge in [0.2, 0.25) is 0 Å². The molecule has 0 amide bonds. The molecule has 0 unspecified atom stereocenters. The van der Waals surface area contributed by atoms with Gasteiger partial charge in [0.25, 0.3) is 5.70 Å². The van der Waals surface area contributed by atoms with Crippen LogP contribution in [0.5, 0.6) is 0 Å². The van der Waals surface area contributed by atoms with E-state index in [0.717, 1.165) is 48.7 Å². The van der Waals surface area contributed by atoms with Crippen molar-refractivity contribution in [3.63, 3.8) is 0 Å². The highest BCUT2D eigenvalue weighted by Crippen LogP contribution is 2.47. The van der Waals surface area contributed by atoms with Crippen molar-refractivity contribution in [2.24, 2.45) is 5.92 Å². The summed E-state index contributed by atoms with van der Waals surface area (Å²) in [6.07, 6.45) is 2.24. The van der Waals surface area contributed by atoms with Crippen LogP contribution in [0.25, 0.3) is 81.1 Å². The van der Waals surface area contributed by atoms with Gasteiger partial charge in [0.15, 0.2) is 0 Å². The first-order valence-electron chi connectivity index (χ1n) is 18.5. The van der Waals surface area contributed by atoms with Crippen LogP contribution >= 0.6 is 22.7 Å². The van der Waals surface area contributed by atoms with Crippen molar-refractivity contribution in [3.8, 4) is 59.3 Å². The van der Waals surface area contributed by atoms with Gasteiger partial charge in [0, 0.05) is 21.5 Å². The zero-order valence-corrected chi connectivity index (χ0v) is 33.4. The molecule has 56 heavy (non-hydrogen) atoms. The zero-order chi connectivity index (χ0) is 39.1. The van der Waals surface area contributed by atoms with Crippen LogP contribution in [0.15, 0.2) is 136 Å². The second-order valence-electron chi connectivity index (χ2n) is 15.3. The predicted octanol–water partition coefficient (Wildman–Crippen LogP) is 14.1. The Morgan fingerprint density at radius 3 is 2.04 bits per heavy atom. The summed E-state index contributed by atoms with van der Waals surface area (Å²) >= 11 is 3.24. The number of rotatable bonds is 10. The molecule has 6 nitrogen and oxygen atoms in total. The molecule has 0 spiro atoms. The van der Waals surface area contributed by atoms with Crippen molar-refractivity contribution >= 4 is 45.6 Å². The third-order valence-electron chi connectivity index (χ3n) is 9.71. The fourth-order valence-electron chi connectivity index (χ4n) is 7.10. The molecule has 0 saturated carbocycles. The highest BCUT2D eigenvalue weighted by molar-refractivity contribution is 7.19. The molecule has 278 valence electrons. The van der Waals surface area contributed by atoms with Gasteiger partial charge in [-0.3, -0.25) is 4.79 Å². The molecule has 3 aromatic carbocycles. The van der Waals surface area contributed by atoms with Crippen LogP contribution in [0.2, 0.25) is 0 Å². The fourth-order valence-corrected chi connectivity index (χ4v) is 9.06. The average molecular weight is 773 g/mol. The Labute approximate surface area is 334 Å². The lowest BCUT2D eigenvalue weighted by Crippen LogP contribution is -2.13. The number of para-hydroxylation sites is 1. The van der Waals surface area contributed by atoms with E-state index >= 15 is 0 Å². The molecule has 0 aliphatic heterocycles. The van der Waals surface area contributed by atoms with Crippen LogP contribution in [0.1, 0.15) is 51.5 Å². The number of hydrogen-bond donors (Lipinski definition) is 1. The Morgan fingerprint density at radius 2 is 1.39 bits per heavy atom. The Balaban J connectivity index is 1.19. The van der Waals surface area contributed by atoms with Crippen molar-refractivity contribution in [1.82, 2.24) is 4.57 Å². The van der Waals surface area contributed by atoms with Crippen LogP contribution in [0.4, 0.5) is 0 Å². The standard InChI is InChI=1S/C48H40N2O4S2/c1-29(2)24-30-25-32(48(3,4)5)27-33(26-30)50-37-15-11-10-14-35(37)45(46(50)31-12-8-7-9-13-31)44-23-22-43(56-44)40-19-18-39(54-40)42-21-20-41(55-42)38-17-16-34(53-38)28-36(49-6)47(51)52/h7-23,25-29H,24H2,1-5H3,(H,51,52)/b36-28-. The van der Waals surface area contributed by atoms with E-state index < -0.39 is 11.7 Å². The Kier molecular flexibility index (Phi) is 9.75. The highest BCUT2D eigenvalue weighted by atomic mass is 32.1. The minimum absolute atomic E-state index is 0.0111. The average Bonchev–Trinajstić information content (AvgIpc) is 4.02. The number of aromatic nitrogens is 1. The molecule has 8 rings (SSSR count). The summed E-state index contributed by atoms with van der Waals surface area (Å²) < 4.78 is 14.8. The lowest BCUT2D eigenvalue weighted by molar-refractivity contribution is -0.132. The molecule has 8 heteroatoms. The second kappa shape index (κ2) is 14.8. The lowest BCUT2D eigenvalue weighted by Gasteiger charge is -2.23. The highest BCUT2D eigenvalue weighted by Gasteiger charge is 2.25. The van der Waals surface area contributed by atoms with Crippen molar-refractivity contribution < 1.29 is 18.7 Å². The van der Waals surface area contributed by atoms with Gasteiger partial charge in [0.05, 0.1) is 32.4 Å². The number of benzene rings is 3. The van der Waals surface area contributed by atoms with Crippen molar-refractivity contribution in [3.05, 3.63) is 155 Å². The zero-order valence-electron chi connectivity index (χ0n) is 31.8. The summed E-state index contributed by atoms with van der Waals surface area (Å²) in [5, 5.41) is 10.4. The normalized spacial score (nSPS) is 12.1. The van der Waals surface area contributed by atoms with E-state index in [4.69, 9.17) is 15.4 Å². The number of carboxylic acids is 1. The molecule has 0 bridgehead atoms. The summed E-state index contributed by atoms with van der Waals surface area (Å²) in [5.41, 5.74) is 8.12. The van der Waals surface area contributed by atoms with Gasteiger partial charge in [-0.2, -0.15) is 0 Å². The van der Waals surface area contributed by atoms with Gasteiger partial charge in [0.1, 0.15) is 23.0 Å². The topological polar surface area (TPSA) is 72.9 Å². The Bertz CT molecular complexity index is 2790. The van der Waals surface area contributed by atoms with E-state index in [1.165, 1.54) is 50.7 Å². The molecule has 1 N–H and O–H groups in total. The first-order valence-corrected chi connectivity index (χ1v) is 20.2. The van der Waals surface area contributed by atoms with Crippen molar-refractivity contribution in [2.45, 2.75) is 46.5 Å². The first-order chi connectivity index (χ1) is 27.0. The van der Waals surface area contributed by atoms with Crippen LogP contribution < -0.4 is 0 Å². The molecular formula is C48H40N2O4S2. The minimum Gasteiger partial charge on any atom is -0.486 e. The Morgan fingerprint density at radius 1 is 0.786 bits per heavy atom. The summed E-state index contributed by atoms with van der Waals surface area (Å²) in [6.45, 7) is 18.5. The maximum atomic E-state index is 11.3. The van der Waals surface area contributed by atoms with Crippen LogP contribution in [0.3, 0.4) is 0 Å². The number of carboxylic acid groups (broad SMARTS) is 1. The van der Waals surface area contributed by atoms with E-state index in [1.54, 1.807) is 23.5 Å². The number of aliphatic carboxylic acids is 1. The second-order valence-corrected chi connectivity index (χ2v) is 17.5. The molecule has 0 radical (unpaired) electrons. The van der Waals surface area contributed by atoms with Gasteiger partial charge in [-0.15, -0.1) is 22.7 Å². The first kappa shape index (κ1) is 36.8. The minimum atomic E-state index is -1.29. The van der Waals surface area contributed by atoms with E-state index in [1.807, 2.05) is 24.3 Å². The molecule has 5 heterocycles. The Hall–Kier alpha value is -6.14. The molecule has 0 atom stereocenters. The molecule has 0 aliphatic rings. The predicted molar refractivity (Wildman–Crippen MR) is 230 cm³/mol. The third-order valence-corrected chi connectivity index (χ3v) is 11.9. The van der Waals surface area contributed by atoms with Gasteiger partial charge >= 0.3 is 5.97 Å². The molecule has 5 aromatic heterocycles. The number of furan rings is 2. The summed E-state index contributed by atoms with van der Waals surface area (Å²) in [5.74, 6) is 1.69. The number of thiophene rings is 2. The summed E-state index contributed by atoms with van der Waals surface area (Å²) in [6, 6.07) is 42.4. The molecule has 0 saturated heterocycles. The number of nitrogens with zero attached hydrogens (tertiary/aromatic N) is 2. The van der Waals surface area contributed by atoms with E-state index in [0.29, 0.717) is 17.4 Å². The van der Waals surface area contributed by atoms with Crippen molar-refractivity contribution in [1.29, 1.82) is 0 Å². The summed E-state index contributed by atoms with van der Waals surface area (Å²) in [7, 11) is 0. The van der Waals surface area contributed by atoms with Gasteiger partial charge < -0.3 is 18.5 Å². The number of carbonyl (C=O) groups is 1. The molecule has 0 fully saturated rings. The molecule has 0 aliphatic carbocycles. The molecular weight excluding hydrogens is 733 g/mol. The monoisotopic (exact) mass is 772 g/mol. The summed E-state index contributed by atoms with van der Waals surface area (Å²) in [4.78, 5) is 18.3. The van der Waals surface area contributed by atoms with Crippen LogP contribution in [-0.2, 0) is 16.6 Å². The number of hydrogen-bond acceptors (Lipinski definition) is 5. The smallest absolute Gasteiger partial charge is 0.333 e. The van der Waals surface area contributed by atoms with Gasteiger partial charge in [-0.25, -0.2) is 4.85 Å².